The fourth-order valence-corrected chi connectivity index (χ4v) is 2.70. The van der Waals surface area contributed by atoms with Gasteiger partial charge in [-0.25, -0.2) is 10.4 Å². The van der Waals surface area contributed by atoms with Crippen molar-refractivity contribution in [2.45, 2.75) is 32.6 Å². The number of H-pyrrole nitrogens is 1. The van der Waals surface area contributed by atoms with Gasteiger partial charge in [0.2, 0.25) is 5.95 Å². The first-order valence-electron chi connectivity index (χ1n) is 7.87. The summed E-state index contributed by atoms with van der Waals surface area (Å²) in [4.78, 5) is 18.4. The number of aryl methyl sites for hydroxylation is 1. The van der Waals surface area contributed by atoms with Crippen molar-refractivity contribution >= 4 is 17.7 Å². The summed E-state index contributed by atoms with van der Waals surface area (Å²) in [5.41, 5.74) is 6.83. The predicted octanol–water partition coefficient (Wildman–Crippen LogP) is 3.50. The van der Waals surface area contributed by atoms with E-state index in [0.29, 0.717) is 11.6 Å². The molecule has 5 heteroatoms. The Labute approximate surface area is 135 Å². The van der Waals surface area contributed by atoms with Crippen molar-refractivity contribution in [3.8, 4) is 0 Å². The zero-order valence-electron chi connectivity index (χ0n) is 13.2. The number of nitrogens with zero attached hydrogens (tertiary/aromatic N) is 2. The predicted molar refractivity (Wildman–Crippen MR) is 93.5 cm³/mol. The molecule has 5 nitrogen and oxygen atoms in total. The first kappa shape index (κ1) is 15.2. The molecule has 23 heavy (non-hydrogen) atoms. The summed E-state index contributed by atoms with van der Waals surface area (Å²) in [6.07, 6.45) is 6.45. The highest BCUT2D eigenvalue weighted by atomic mass is 16.1. The zero-order valence-corrected chi connectivity index (χ0v) is 13.2. The molecule has 1 saturated carbocycles. The lowest BCUT2D eigenvalue weighted by Gasteiger charge is -2.17. The van der Waals surface area contributed by atoms with Gasteiger partial charge < -0.3 is 0 Å². The number of hydrazone groups is 1. The second-order valence-corrected chi connectivity index (χ2v) is 5.69. The van der Waals surface area contributed by atoms with Crippen LogP contribution in [0.4, 0.5) is 5.95 Å². The van der Waals surface area contributed by atoms with Gasteiger partial charge in [0, 0.05) is 11.8 Å². The second kappa shape index (κ2) is 7.05. The molecule has 0 unspecified atom stereocenters. The van der Waals surface area contributed by atoms with Gasteiger partial charge >= 0.3 is 0 Å². The van der Waals surface area contributed by atoms with Crippen LogP contribution in [0.1, 0.15) is 36.9 Å². The highest BCUT2D eigenvalue weighted by Gasteiger charge is 2.13. The third-order valence-corrected chi connectivity index (χ3v) is 3.79. The molecule has 3 rings (SSSR count). The first-order chi connectivity index (χ1) is 11.2. The van der Waals surface area contributed by atoms with Crippen LogP contribution in [0, 0.1) is 6.92 Å². The van der Waals surface area contributed by atoms with Gasteiger partial charge in [0.1, 0.15) is 0 Å². The molecule has 0 spiro atoms. The third-order valence-electron chi connectivity index (χ3n) is 3.79. The molecule has 0 amide bonds. The smallest absolute Gasteiger partial charge is 0.252 e. The largest absolute Gasteiger partial charge is 0.291 e. The number of aromatic nitrogens is 2. The number of aromatic amines is 1. The fraction of sp³-hybridized carbons (Fsp3) is 0.278. The van der Waals surface area contributed by atoms with Crippen molar-refractivity contribution in [2.24, 2.45) is 5.10 Å². The summed E-state index contributed by atoms with van der Waals surface area (Å²) >= 11 is 0. The molecule has 0 aliphatic heterocycles. The van der Waals surface area contributed by atoms with E-state index >= 15 is 0 Å². The second-order valence-electron chi connectivity index (χ2n) is 5.69. The Hall–Kier alpha value is -2.69. The van der Waals surface area contributed by atoms with Crippen molar-refractivity contribution in [2.75, 3.05) is 5.43 Å². The maximum Gasteiger partial charge on any atom is 0.252 e. The summed E-state index contributed by atoms with van der Waals surface area (Å²) in [6, 6.07) is 11.7. The molecule has 1 aromatic carbocycles. The summed E-state index contributed by atoms with van der Waals surface area (Å²) in [5.74, 6) is 0.382. The molecule has 0 radical (unpaired) electrons. The minimum atomic E-state index is -0.177. The lowest BCUT2D eigenvalue weighted by atomic mass is 9.91. The SMILES string of the molecule is Cc1cc(=O)[nH]c(N/N=C2\CCCC\C2=C\c2ccccc2)n1. The van der Waals surface area contributed by atoms with Crippen molar-refractivity contribution in [3.05, 3.63) is 63.6 Å². The van der Waals surface area contributed by atoms with Gasteiger partial charge in [0.15, 0.2) is 0 Å². The van der Waals surface area contributed by atoms with Gasteiger partial charge in [-0.05, 0) is 49.8 Å². The van der Waals surface area contributed by atoms with Gasteiger partial charge in [0.25, 0.3) is 5.56 Å². The minimum Gasteiger partial charge on any atom is -0.291 e. The lowest BCUT2D eigenvalue weighted by Crippen LogP contribution is -2.14. The molecule has 1 aromatic heterocycles. The van der Waals surface area contributed by atoms with Crippen LogP contribution in [0.5, 0.6) is 0 Å². The summed E-state index contributed by atoms with van der Waals surface area (Å²) in [7, 11) is 0. The molecule has 1 heterocycles. The van der Waals surface area contributed by atoms with Crippen LogP contribution in [0.3, 0.4) is 0 Å². The standard InChI is InChI=1S/C18H20N4O/c1-13-11-17(23)20-18(19-13)22-21-16-10-6-5-9-15(16)12-14-7-3-2-4-8-14/h2-4,7-8,11-12H,5-6,9-10H2,1H3,(H2,19,20,22,23)/b15-12-,21-16+. The Morgan fingerprint density at radius 1 is 1.22 bits per heavy atom. The molecule has 118 valence electrons. The molecule has 1 aliphatic rings. The van der Waals surface area contributed by atoms with E-state index in [9.17, 15) is 4.79 Å². The van der Waals surface area contributed by atoms with Gasteiger partial charge in [-0.2, -0.15) is 5.10 Å². The van der Waals surface area contributed by atoms with Crippen LogP contribution in [0.15, 0.2) is 51.9 Å². The van der Waals surface area contributed by atoms with Crippen molar-refractivity contribution in [1.29, 1.82) is 0 Å². The molecule has 0 atom stereocenters. The monoisotopic (exact) mass is 308 g/mol. The van der Waals surface area contributed by atoms with Gasteiger partial charge in [-0.15, -0.1) is 0 Å². The summed E-state index contributed by atoms with van der Waals surface area (Å²) < 4.78 is 0. The van der Waals surface area contributed by atoms with Crippen LogP contribution < -0.4 is 11.0 Å². The van der Waals surface area contributed by atoms with Crippen LogP contribution in [-0.4, -0.2) is 15.7 Å². The number of benzene rings is 1. The molecule has 2 N–H and O–H groups in total. The molecule has 0 bridgehead atoms. The topological polar surface area (TPSA) is 70.1 Å². The average molecular weight is 308 g/mol. The maximum absolute atomic E-state index is 11.5. The van der Waals surface area contributed by atoms with E-state index in [2.05, 4.69) is 38.7 Å². The van der Waals surface area contributed by atoms with Crippen molar-refractivity contribution in [3.63, 3.8) is 0 Å². The average Bonchev–Trinajstić information content (AvgIpc) is 2.54. The number of nitrogens with one attached hydrogen (secondary N) is 2. The van der Waals surface area contributed by atoms with E-state index in [1.165, 1.54) is 23.6 Å². The Kier molecular flexibility index (Phi) is 4.66. The summed E-state index contributed by atoms with van der Waals surface area (Å²) in [5, 5.41) is 4.48. The molecule has 1 fully saturated rings. The van der Waals surface area contributed by atoms with E-state index in [-0.39, 0.29) is 5.56 Å². The van der Waals surface area contributed by atoms with E-state index < -0.39 is 0 Å². The molecular formula is C18H20N4O. The molecule has 1 aliphatic carbocycles. The van der Waals surface area contributed by atoms with Crippen LogP contribution in [0.25, 0.3) is 6.08 Å². The van der Waals surface area contributed by atoms with Crippen LogP contribution in [0.2, 0.25) is 0 Å². The first-order valence-corrected chi connectivity index (χ1v) is 7.87. The van der Waals surface area contributed by atoms with Gasteiger partial charge in [0.05, 0.1) is 5.71 Å². The Morgan fingerprint density at radius 3 is 2.78 bits per heavy atom. The van der Waals surface area contributed by atoms with E-state index in [1.807, 2.05) is 18.2 Å². The molecular weight excluding hydrogens is 288 g/mol. The highest BCUT2D eigenvalue weighted by Crippen LogP contribution is 2.23. The Bertz CT molecular complexity index is 790. The normalized spacial score (nSPS) is 18.3. The minimum absolute atomic E-state index is 0.177. The quantitative estimate of drug-likeness (QED) is 0.853. The highest BCUT2D eigenvalue weighted by molar-refractivity contribution is 6.04. The van der Waals surface area contributed by atoms with Crippen molar-refractivity contribution < 1.29 is 0 Å². The number of allylic oxidation sites excluding steroid dienone is 1. The summed E-state index contributed by atoms with van der Waals surface area (Å²) in [6.45, 7) is 1.79. The number of hydrogen-bond acceptors (Lipinski definition) is 4. The van der Waals surface area contributed by atoms with Gasteiger partial charge in [-0.1, -0.05) is 30.3 Å². The van der Waals surface area contributed by atoms with E-state index in [1.54, 1.807) is 6.92 Å². The van der Waals surface area contributed by atoms with E-state index in [0.717, 1.165) is 25.0 Å². The zero-order chi connectivity index (χ0) is 16.1. The van der Waals surface area contributed by atoms with Gasteiger partial charge in [-0.3, -0.25) is 9.78 Å². The maximum atomic E-state index is 11.5. The lowest BCUT2D eigenvalue weighted by molar-refractivity contribution is 0.734. The van der Waals surface area contributed by atoms with E-state index in [4.69, 9.17) is 0 Å². The number of rotatable bonds is 3. The van der Waals surface area contributed by atoms with Crippen LogP contribution in [-0.2, 0) is 0 Å². The van der Waals surface area contributed by atoms with Crippen molar-refractivity contribution in [1.82, 2.24) is 9.97 Å². The third kappa shape index (κ3) is 4.16. The number of hydrogen-bond donors (Lipinski definition) is 2. The number of anilines is 1. The Morgan fingerprint density at radius 2 is 2.00 bits per heavy atom. The molecule has 2 aromatic rings. The fourth-order valence-electron chi connectivity index (χ4n) is 2.70. The Balaban J connectivity index is 1.83. The molecule has 0 saturated heterocycles. The van der Waals surface area contributed by atoms with Crippen LogP contribution >= 0.6 is 0 Å².